The molecule has 0 aliphatic rings. The molecular formula is C21H20N4O6S. The average molecular weight is 456 g/mol. The second-order valence-electron chi connectivity index (χ2n) is 7.06. The molecule has 3 rings (SSSR count). The number of esters is 1. The lowest BCUT2D eigenvalue weighted by Gasteiger charge is -2.20. The Balaban J connectivity index is 2.01. The number of thiazole rings is 1. The molecule has 166 valence electrons. The molecule has 3 aromatic rings. The van der Waals surface area contributed by atoms with Crippen LogP contribution in [0.5, 0.6) is 0 Å². The Morgan fingerprint density at radius 2 is 2.00 bits per heavy atom. The first-order valence-electron chi connectivity index (χ1n) is 9.42. The van der Waals surface area contributed by atoms with Gasteiger partial charge in [0.25, 0.3) is 0 Å². The highest BCUT2D eigenvalue weighted by atomic mass is 32.1. The summed E-state index contributed by atoms with van der Waals surface area (Å²) in [5.41, 5.74) is 1.29. The summed E-state index contributed by atoms with van der Waals surface area (Å²) in [5.74, 6) is -1.04. The van der Waals surface area contributed by atoms with Gasteiger partial charge in [-0.15, -0.1) is 11.3 Å². The smallest absolute Gasteiger partial charge is 0.339 e. The standard InChI is InChI=1S/C21H20N4O6S/c1-12-5-6-17(13(2)7-12)24(14(3)26)21-22-16(11-32-21)10-23-9-15(20(28)31-4)8-18(19(23)27)25(29)30/h5-9,11H,10H2,1-4H3. The van der Waals surface area contributed by atoms with Crippen LogP contribution in [0.15, 0.2) is 40.6 Å². The summed E-state index contributed by atoms with van der Waals surface area (Å²) in [6.45, 7) is 5.15. The monoisotopic (exact) mass is 456 g/mol. The fourth-order valence-corrected chi connectivity index (χ4v) is 4.08. The number of methoxy groups -OCH3 is 1. The SMILES string of the molecule is COC(=O)c1cc([N+](=O)[O-])c(=O)n(Cc2csc(N(C(C)=O)c3ccc(C)cc3C)n2)c1. The number of nitrogens with zero attached hydrogens (tertiary/aromatic N) is 4. The molecule has 1 aromatic carbocycles. The molecular weight excluding hydrogens is 436 g/mol. The molecule has 1 amide bonds. The minimum Gasteiger partial charge on any atom is -0.465 e. The van der Waals surface area contributed by atoms with E-state index in [1.807, 2.05) is 32.0 Å². The molecule has 0 radical (unpaired) electrons. The first-order chi connectivity index (χ1) is 15.1. The van der Waals surface area contributed by atoms with E-state index in [4.69, 9.17) is 0 Å². The van der Waals surface area contributed by atoms with Crippen molar-refractivity contribution in [2.75, 3.05) is 12.0 Å². The van der Waals surface area contributed by atoms with Gasteiger partial charge in [0, 0.05) is 24.6 Å². The lowest BCUT2D eigenvalue weighted by atomic mass is 10.1. The summed E-state index contributed by atoms with van der Waals surface area (Å²) in [7, 11) is 1.14. The van der Waals surface area contributed by atoms with Crippen LogP contribution in [-0.4, -0.2) is 33.5 Å². The number of carbonyl (C=O) groups excluding carboxylic acids is 2. The predicted molar refractivity (Wildman–Crippen MR) is 119 cm³/mol. The van der Waals surface area contributed by atoms with Crippen LogP contribution in [0.2, 0.25) is 0 Å². The van der Waals surface area contributed by atoms with E-state index in [0.29, 0.717) is 16.5 Å². The van der Waals surface area contributed by atoms with Crippen molar-refractivity contribution in [1.29, 1.82) is 0 Å². The minimum atomic E-state index is -0.880. The third-order valence-electron chi connectivity index (χ3n) is 4.66. The number of hydrogen-bond acceptors (Lipinski definition) is 8. The highest BCUT2D eigenvalue weighted by Crippen LogP contribution is 2.32. The number of benzene rings is 1. The van der Waals surface area contributed by atoms with E-state index in [1.54, 1.807) is 5.38 Å². The van der Waals surface area contributed by atoms with E-state index in [1.165, 1.54) is 29.4 Å². The van der Waals surface area contributed by atoms with Crippen molar-refractivity contribution in [3.05, 3.63) is 78.7 Å². The van der Waals surface area contributed by atoms with E-state index in [0.717, 1.165) is 28.9 Å². The van der Waals surface area contributed by atoms with Gasteiger partial charge < -0.3 is 9.30 Å². The van der Waals surface area contributed by atoms with Crippen LogP contribution in [0.25, 0.3) is 0 Å². The van der Waals surface area contributed by atoms with Gasteiger partial charge in [-0.1, -0.05) is 17.7 Å². The highest BCUT2D eigenvalue weighted by Gasteiger charge is 2.23. The van der Waals surface area contributed by atoms with Gasteiger partial charge in [-0.25, -0.2) is 9.78 Å². The summed E-state index contributed by atoms with van der Waals surface area (Å²) in [4.78, 5) is 53.1. The third-order valence-corrected chi connectivity index (χ3v) is 5.53. The molecule has 0 unspecified atom stereocenters. The number of aromatic nitrogens is 2. The Hall–Kier alpha value is -3.86. The number of rotatable bonds is 6. The van der Waals surface area contributed by atoms with Crippen LogP contribution in [0.1, 0.15) is 34.1 Å². The van der Waals surface area contributed by atoms with Crippen molar-refractivity contribution in [2.24, 2.45) is 0 Å². The number of aryl methyl sites for hydroxylation is 2. The lowest BCUT2D eigenvalue weighted by molar-refractivity contribution is -0.386. The zero-order valence-electron chi connectivity index (χ0n) is 17.8. The van der Waals surface area contributed by atoms with E-state index >= 15 is 0 Å². The van der Waals surface area contributed by atoms with Gasteiger partial charge in [0.2, 0.25) is 5.91 Å². The topological polar surface area (TPSA) is 125 Å². The summed E-state index contributed by atoms with van der Waals surface area (Å²) in [6, 6.07) is 6.57. The van der Waals surface area contributed by atoms with Crippen molar-refractivity contribution in [3.8, 4) is 0 Å². The normalized spacial score (nSPS) is 10.6. The molecule has 10 nitrogen and oxygen atoms in total. The van der Waals surface area contributed by atoms with E-state index in [2.05, 4.69) is 9.72 Å². The quantitative estimate of drug-likeness (QED) is 0.316. The Kier molecular flexibility index (Phi) is 6.49. The van der Waals surface area contributed by atoms with E-state index < -0.39 is 22.1 Å². The lowest BCUT2D eigenvalue weighted by Crippen LogP contribution is -2.25. The maximum absolute atomic E-state index is 12.5. The van der Waals surface area contributed by atoms with Crippen molar-refractivity contribution >= 4 is 39.7 Å². The van der Waals surface area contributed by atoms with Crippen molar-refractivity contribution in [2.45, 2.75) is 27.3 Å². The number of anilines is 2. The molecule has 0 atom stereocenters. The van der Waals surface area contributed by atoms with E-state index in [9.17, 15) is 24.5 Å². The zero-order valence-corrected chi connectivity index (χ0v) is 18.6. The fourth-order valence-electron chi connectivity index (χ4n) is 3.21. The predicted octanol–water partition coefficient (Wildman–Crippen LogP) is 3.35. The molecule has 2 aromatic heterocycles. The maximum Gasteiger partial charge on any atom is 0.339 e. The molecule has 0 saturated heterocycles. The van der Waals surface area contributed by atoms with Gasteiger partial charge in [0.15, 0.2) is 5.13 Å². The Morgan fingerprint density at radius 3 is 2.59 bits per heavy atom. The third kappa shape index (κ3) is 4.57. The molecule has 0 saturated carbocycles. The first kappa shape index (κ1) is 22.8. The first-order valence-corrected chi connectivity index (χ1v) is 10.3. The molecule has 0 aliphatic carbocycles. The summed E-state index contributed by atoms with van der Waals surface area (Å²) in [6.07, 6.45) is 1.19. The van der Waals surface area contributed by atoms with Crippen molar-refractivity contribution in [3.63, 3.8) is 0 Å². The van der Waals surface area contributed by atoms with Crippen molar-refractivity contribution < 1.29 is 19.2 Å². The van der Waals surface area contributed by atoms with Crippen molar-refractivity contribution in [1.82, 2.24) is 9.55 Å². The average Bonchev–Trinajstić information content (AvgIpc) is 3.18. The summed E-state index contributed by atoms with van der Waals surface area (Å²) < 4.78 is 5.64. The Labute approximate surface area is 186 Å². The van der Waals surface area contributed by atoms with Gasteiger partial charge in [-0.3, -0.25) is 24.6 Å². The van der Waals surface area contributed by atoms with Crippen LogP contribution >= 0.6 is 11.3 Å². The molecule has 0 spiro atoms. The number of ether oxygens (including phenoxy) is 1. The van der Waals surface area contributed by atoms with Crippen LogP contribution in [-0.2, 0) is 16.1 Å². The summed E-state index contributed by atoms with van der Waals surface area (Å²) in [5, 5.41) is 13.3. The van der Waals surface area contributed by atoms with Gasteiger partial charge in [0.05, 0.1) is 35.5 Å². The Bertz CT molecular complexity index is 1280. The molecule has 0 fully saturated rings. The Morgan fingerprint density at radius 1 is 1.28 bits per heavy atom. The minimum absolute atomic E-state index is 0.125. The maximum atomic E-state index is 12.5. The van der Waals surface area contributed by atoms with Crippen LogP contribution in [0.3, 0.4) is 0 Å². The molecule has 11 heteroatoms. The van der Waals surface area contributed by atoms with Gasteiger partial charge in [-0.2, -0.15) is 0 Å². The van der Waals surface area contributed by atoms with E-state index in [-0.39, 0.29) is 18.0 Å². The summed E-state index contributed by atoms with van der Waals surface area (Å²) >= 11 is 1.20. The van der Waals surface area contributed by atoms with Crippen LogP contribution in [0, 0.1) is 24.0 Å². The molecule has 32 heavy (non-hydrogen) atoms. The van der Waals surface area contributed by atoms with Crippen LogP contribution in [0.4, 0.5) is 16.5 Å². The fraction of sp³-hybridized carbons (Fsp3) is 0.238. The molecule has 0 N–H and O–H groups in total. The molecule has 2 heterocycles. The van der Waals surface area contributed by atoms with Gasteiger partial charge >= 0.3 is 17.2 Å². The molecule has 0 bridgehead atoms. The number of nitro groups is 1. The number of hydrogen-bond donors (Lipinski definition) is 0. The van der Waals surface area contributed by atoms with Gasteiger partial charge in [-0.05, 0) is 25.5 Å². The molecule has 0 aliphatic heterocycles. The van der Waals surface area contributed by atoms with Gasteiger partial charge in [0.1, 0.15) is 0 Å². The largest absolute Gasteiger partial charge is 0.465 e. The highest BCUT2D eigenvalue weighted by molar-refractivity contribution is 7.14. The zero-order chi connectivity index (χ0) is 23.6. The number of pyridine rings is 1. The second kappa shape index (κ2) is 9.10. The van der Waals surface area contributed by atoms with Crippen LogP contribution < -0.4 is 10.5 Å². The number of amides is 1. The number of carbonyl (C=O) groups is 2. The second-order valence-corrected chi connectivity index (χ2v) is 7.90.